The summed E-state index contributed by atoms with van der Waals surface area (Å²) in [5.41, 5.74) is 2.69. The van der Waals surface area contributed by atoms with Gasteiger partial charge >= 0.3 is 12.1 Å². The predicted molar refractivity (Wildman–Crippen MR) is 119 cm³/mol. The van der Waals surface area contributed by atoms with Gasteiger partial charge in [0.15, 0.2) is 0 Å². The van der Waals surface area contributed by atoms with E-state index < -0.39 is 17.7 Å². The van der Waals surface area contributed by atoms with Crippen molar-refractivity contribution < 1.29 is 27.8 Å². The van der Waals surface area contributed by atoms with Gasteiger partial charge in [0.25, 0.3) is 0 Å². The Balaban J connectivity index is 1.42. The molecule has 1 aliphatic heterocycles. The molecule has 1 aliphatic carbocycles. The van der Waals surface area contributed by atoms with Crippen molar-refractivity contribution in [2.45, 2.75) is 70.2 Å². The topological polar surface area (TPSA) is 49.8 Å². The van der Waals surface area contributed by atoms with Gasteiger partial charge in [-0.15, -0.1) is 0 Å². The van der Waals surface area contributed by atoms with Crippen LogP contribution < -0.4 is 4.74 Å². The van der Waals surface area contributed by atoms with Gasteiger partial charge < -0.3 is 9.84 Å². The number of nitrogens with zero attached hydrogens (tertiary/aromatic N) is 1. The Labute approximate surface area is 192 Å². The summed E-state index contributed by atoms with van der Waals surface area (Å²) in [4.78, 5) is 12.9. The Kier molecular flexibility index (Phi) is 7.27. The van der Waals surface area contributed by atoms with Crippen LogP contribution in [0.1, 0.15) is 72.3 Å². The molecule has 1 fully saturated rings. The van der Waals surface area contributed by atoms with E-state index in [1.54, 1.807) is 12.1 Å². The van der Waals surface area contributed by atoms with E-state index in [1.807, 2.05) is 18.2 Å². The molecule has 0 atom stereocenters. The predicted octanol–water partition coefficient (Wildman–Crippen LogP) is 6.16. The molecular weight excluding hydrogens is 431 g/mol. The Bertz CT molecular complexity index is 983. The lowest BCUT2D eigenvalue weighted by molar-refractivity contribution is -0.139. The van der Waals surface area contributed by atoms with Gasteiger partial charge in [0.2, 0.25) is 0 Å². The van der Waals surface area contributed by atoms with Crippen molar-refractivity contribution >= 4 is 5.97 Å². The van der Waals surface area contributed by atoms with E-state index in [2.05, 4.69) is 4.90 Å². The molecular formula is C26H30F3NO3. The van der Waals surface area contributed by atoms with Crippen molar-refractivity contribution in [1.82, 2.24) is 4.90 Å². The second-order valence-electron chi connectivity index (χ2n) is 9.14. The number of aliphatic carboxylic acids is 1. The van der Waals surface area contributed by atoms with Crippen LogP contribution in [0.5, 0.6) is 5.75 Å². The van der Waals surface area contributed by atoms with Crippen molar-refractivity contribution in [3.63, 3.8) is 0 Å². The minimum atomic E-state index is -4.37. The highest BCUT2D eigenvalue weighted by Gasteiger charge is 2.35. The summed E-state index contributed by atoms with van der Waals surface area (Å²) >= 11 is 0. The molecule has 7 heteroatoms. The average Bonchev–Trinajstić information content (AvgIpc) is 2.81. The first-order valence-corrected chi connectivity index (χ1v) is 11.7. The maximum absolute atomic E-state index is 13.8. The first-order valence-electron chi connectivity index (χ1n) is 11.7. The fraction of sp³-hybridized carbons (Fsp3) is 0.500. The number of rotatable bonds is 7. The molecule has 0 radical (unpaired) electrons. The van der Waals surface area contributed by atoms with E-state index in [4.69, 9.17) is 9.84 Å². The minimum absolute atomic E-state index is 0.0129. The molecule has 2 aromatic rings. The molecule has 4 nitrogen and oxygen atoms in total. The summed E-state index contributed by atoms with van der Waals surface area (Å²) in [6.07, 6.45) is 1.26. The van der Waals surface area contributed by atoms with Gasteiger partial charge in [0.1, 0.15) is 12.4 Å². The van der Waals surface area contributed by atoms with Crippen molar-refractivity contribution in [2.24, 2.45) is 0 Å². The molecule has 33 heavy (non-hydrogen) atoms. The zero-order chi connectivity index (χ0) is 23.4. The highest BCUT2D eigenvalue weighted by atomic mass is 19.4. The second-order valence-corrected chi connectivity index (χ2v) is 9.14. The van der Waals surface area contributed by atoms with Crippen LogP contribution in [0.4, 0.5) is 13.2 Å². The number of carboxylic acids is 1. The number of carbonyl (C=O) groups is 1. The Hall–Kier alpha value is -2.54. The maximum Gasteiger partial charge on any atom is 0.416 e. The first-order chi connectivity index (χ1) is 15.8. The van der Waals surface area contributed by atoms with Crippen LogP contribution in [0.15, 0.2) is 36.4 Å². The smallest absolute Gasteiger partial charge is 0.416 e. The van der Waals surface area contributed by atoms with Crippen molar-refractivity contribution in [3.8, 4) is 5.75 Å². The minimum Gasteiger partial charge on any atom is -0.489 e. The van der Waals surface area contributed by atoms with E-state index in [0.29, 0.717) is 30.0 Å². The largest absolute Gasteiger partial charge is 0.489 e. The van der Waals surface area contributed by atoms with Crippen LogP contribution in [0.3, 0.4) is 0 Å². The van der Waals surface area contributed by atoms with Crippen molar-refractivity contribution in [1.29, 1.82) is 0 Å². The van der Waals surface area contributed by atoms with E-state index in [0.717, 1.165) is 56.2 Å². The molecule has 0 saturated heterocycles. The van der Waals surface area contributed by atoms with Gasteiger partial charge in [-0.05, 0) is 65.6 Å². The number of hydrogen-bond donors (Lipinski definition) is 1. The monoisotopic (exact) mass is 461 g/mol. The number of halogens is 3. The van der Waals surface area contributed by atoms with E-state index in [-0.39, 0.29) is 18.9 Å². The van der Waals surface area contributed by atoms with Gasteiger partial charge in [-0.25, -0.2) is 0 Å². The van der Waals surface area contributed by atoms with Crippen LogP contribution >= 0.6 is 0 Å². The first kappa shape index (κ1) is 23.6. The van der Waals surface area contributed by atoms with Crippen LogP contribution in [0.2, 0.25) is 0 Å². The lowest BCUT2D eigenvalue weighted by Gasteiger charge is -2.28. The van der Waals surface area contributed by atoms with Crippen LogP contribution in [-0.2, 0) is 30.5 Å². The average molecular weight is 462 g/mol. The normalized spacial score (nSPS) is 17.5. The van der Waals surface area contributed by atoms with Gasteiger partial charge in [-0.1, -0.05) is 37.5 Å². The third-order valence-corrected chi connectivity index (χ3v) is 6.78. The van der Waals surface area contributed by atoms with Crippen LogP contribution in [0.25, 0.3) is 0 Å². The lowest BCUT2D eigenvalue weighted by atomic mass is 9.81. The van der Waals surface area contributed by atoms with Crippen molar-refractivity contribution in [2.75, 3.05) is 13.1 Å². The Morgan fingerprint density at radius 3 is 2.58 bits per heavy atom. The van der Waals surface area contributed by atoms with E-state index in [1.165, 1.54) is 6.07 Å². The summed E-state index contributed by atoms with van der Waals surface area (Å²) in [6.45, 7) is 2.07. The van der Waals surface area contributed by atoms with Gasteiger partial charge in [0, 0.05) is 19.6 Å². The Morgan fingerprint density at radius 2 is 1.85 bits per heavy atom. The van der Waals surface area contributed by atoms with Gasteiger partial charge in [-0.2, -0.15) is 13.2 Å². The number of ether oxygens (including phenoxy) is 1. The second kappa shape index (κ2) is 10.2. The number of alkyl halides is 3. The molecule has 1 saturated carbocycles. The third-order valence-electron chi connectivity index (χ3n) is 6.78. The highest BCUT2D eigenvalue weighted by Crippen LogP contribution is 2.41. The zero-order valence-electron chi connectivity index (χ0n) is 18.7. The fourth-order valence-electron chi connectivity index (χ4n) is 5.00. The molecule has 4 rings (SSSR count). The van der Waals surface area contributed by atoms with Gasteiger partial charge in [0.05, 0.1) is 12.0 Å². The molecule has 2 aromatic carbocycles. The molecule has 0 spiro atoms. The summed E-state index contributed by atoms with van der Waals surface area (Å²) in [6, 6.07) is 10.4. The maximum atomic E-state index is 13.8. The third kappa shape index (κ3) is 6.08. The molecule has 178 valence electrons. The Morgan fingerprint density at radius 1 is 1.06 bits per heavy atom. The summed E-state index contributed by atoms with van der Waals surface area (Å²) < 4.78 is 47.2. The summed E-state index contributed by atoms with van der Waals surface area (Å²) in [5.74, 6) is -0.177. The quantitative estimate of drug-likeness (QED) is 0.536. The SMILES string of the molecule is O=C(O)CCN1CCc2cc(OCc3ccc(C4CCCCC4)c(C(F)(F)F)c3)ccc2C1. The molecule has 0 amide bonds. The van der Waals surface area contributed by atoms with Crippen LogP contribution in [-0.4, -0.2) is 29.1 Å². The fourth-order valence-corrected chi connectivity index (χ4v) is 5.00. The van der Waals surface area contributed by atoms with Crippen LogP contribution in [0, 0.1) is 0 Å². The molecule has 0 bridgehead atoms. The van der Waals surface area contributed by atoms with E-state index in [9.17, 15) is 18.0 Å². The van der Waals surface area contributed by atoms with Crippen molar-refractivity contribution in [3.05, 3.63) is 64.2 Å². The number of hydrogen-bond acceptors (Lipinski definition) is 3. The summed E-state index contributed by atoms with van der Waals surface area (Å²) in [5, 5.41) is 8.87. The molecule has 1 heterocycles. The highest BCUT2D eigenvalue weighted by molar-refractivity contribution is 5.66. The van der Waals surface area contributed by atoms with E-state index >= 15 is 0 Å². The van der Waals surface area contributed by atoms with Gasteiger partial charge in [-0.3, -0.25) is 9.69 Å². The lowest BCUT2D eigenvalue weighted by Crippen LogP contribution is -2.32. The summed E-state index contributed by atoms with van der Waals surface area (Å²) in [7, 11) is 0. The number of fused-ring (bicyclic) bond motifs is 1. The molecule has 1 N–H and O–H groups in total. The molecule has 0 aromatic heterocycles. The number of benzene rings is 2. The molecule has 2 aliphatic rings. The molecule has 0 unspecified atom stereocenters. The standard InChI is InChI=1S/C26H30F3NO3/c27-26(28,29)24-14-18(6-9-23(24)19-4-2-1-3-5-19)17-33-22-8-7-21-16-30(13-11-25(31)32)12-10-20(21)15-22/h6-9,14-15,19H,1-5,10-13,16-17H2,(H,31,32). The number of carboxylic acid groups (broad SMARTS) is 1. The zero-order valence-corrected chi connectivity index (χ0v) is 18.7.